The monoisotopic (exact) mass is 851 g/mol. The molecule has 0 aliphatic heterocycles. The normalized spacial score (nSPS) is 14.6. The third-order valence-electron chi connectivity index (χ3n) is 10.8. The molecule has 346 valence electrons. The molecule has 0 rings (SSSR count). The van der Waals surface area contributed by atoms with Crippen LogP contribution < -0.4 is 10.2 Å². The number of carbonyl (C=O) groups excluding carboxylic acids is 1. The second kappa shape index (κ2) is 41.8. The number of hydrogen-bond acceptors (Lipinski definition) is 6. The summed E-state index contributed by atoms with van der Waals surface area (Å²) in [5.74, 6) is -0.222. The molecule has 0 bridgehead atoms. The van der Waals surface area contributed by atoms with Gasteiger partial charge < -0.3 is 28.8 Å². The third-order valence-corrected chi connectivity index (χ3v) is 11.7. The summed E-state index contributed by atoms with van der Waals surface area (Å²) in [6.07, 6.45) is 53.1. The van der Waals surface area contributed by atoms with Gasteiger partial charge in [-0.2, -0.15) is 0 Å². The molecule has 0 fully saturated rings. The quantitative estimate of drug-likeness (QED) is 0.0274. The van der Waals surface area contributed by atoms with E-state index < -0.39 is 26.6 Å². The van der Waals surface area contributed by atoms with E-state index in [1.807, 2.05) is 27.2 Å². The van der Waals surface area contributed by atoms with Crippen molar-refractivity contribution in [2.24, 2.45) is 0 Å². The molecule has 9 heteroatoms. The van der Waals surface area contributed by atoms with E-state index in [2.05, 4.69) is 55.6 Å². The van der Waals surface area contributed by atoms with Crippen molar-refractivity contribution in [2.45, 2.75) is 225 Å². The number of amides is 1. The molecule has 8 nitrogen and oxygen atoms in total. The van der Waals surface area contributed by atoms with Crippen LogP contribution in [-0.2, 0) is 18.4 Å². The molecule has 0 aromatic rings. The highest BCUT2D eigenvalue weighted by Gasteiger charge is 2.23. The van der Waals surface area contributed by atoms with Crippen LogP contribution in [-0.4, -0.2) is 68.5 Å². The molecule has 0 saturated heterocycles. The van der Waals surface area contributed by atoms with Crippen LogP contribution in [0.1, 0.15) is 213 Å². The smallest absolute Gasteiger partial charge is 0.268 e. The van der Waals surface area contributed by atoms with Crippen LogP contribution in [0.4, 0.5) is 0 Å². The minimum Gasteiger partial charge on any atom is -0.756 e. The molecule has 1 amide bonds. The predicted octanol–water partition coefficient (Wildman–Crippen LogP) is 13.4. The number of phosphoric ester groups is 1. The van der Waals surface area contributed by atoms with Gasteiger partial charge in [-0.3, -0.25) is 9.36 Å². The zero-order valence-electron chi connectivity index (χ0n) is 39.2. The number of nitrogens with one attached hydrogen (secondary N) is 1. The maximum atomic E-state index is 12.9. The topological polar surface area (TPSA) is 108 Å². The van der Waals surface area contributed by atoms with Crippen LogP contribution in [0.5, 0.6) is 0 Å². The van der Waals surface area contributed by atoms with Crippen molar-refractivity contribution < 1.29 is 32.9 Å². The highest BCUT2D eigenvalue weighted by Crippen LogP contribution is 2.38. The number of likely N-dealkylation sites (N-methyl/N-ethyl adjacent to an activating group) is 1. The molecule has 3 unspecified atom stereocenters. The number of aliphatic hydroxyl groups excluding tert-OH is 1. The van der Waals surface area contributed by atoms with Crippen LogP contribution >= 0.6 is 7.82 Å². The summed E-state index contributed by atoms with van der Waals surface area (Å²) >= 11 is 0. The van der Waals surface area contributed by atoms with Gasteiger partial charge in [-0.05, 0) is 64.2 Å². The van der Waals surface area contributed by atoms with Gasteiger partial charge in [-0.15, -0.1) is 0 Å². The first-order valence-electron chi connectivity index (χ1n) is 24.5. The number of carbonyl (C=O) groups is 1. The lowest BCUT2D eigenvalue weighted by Crippen LogP contribution is -2.45. The van der Waals surface area contributed by atoms with E-state index in [0.717, 1.165) is 64.2 Å². The largest absolute Gasteiger partial charge is 0.756 e. The van der Waals surface area contributed by atoms with Gasteiger partial charge in [0, 0.05) is 6.42 Å². The number of allylic oxidation sites excluding steroid dienone is 7. The molecule has 0 spiro atoms. The molecule has 0 aliphatic rings. The SMILES string of the molecule is CCCCC/C=C\C/C=C\CCCCCCCC(=O)NC(COP(=O)([O-])OCC[N+](C)(C)C)C(O)/C=C/CC/C=C/CCCCCCCCCCCCCCCCCC. The van der Waals surface area contributed by atoms with Gasteiger partial charge >= 0.3 is 0 Å². The zero-order valence-corrected chi connectivity index (χ0v) is 40.1. The highest BCUT2D eigenvalue weighted by atomic mass is 31.2. The fourth-order valence-electron chi connectivity index (χ4n) is 6.85. The summed E-state index contributed by atoms with van der Waals surface area (Å²) in [7, 11) is 1.23. The van der Waals surface area contributed by atoms with Gasteiger partial charge in [0.2, 0.25) is 5.91 Å². The minimum atomic E-state index is -4.60. The van der Waals surface area contributed by atoms with E-state index in [0.29, 0.717) is 17.4 Å². The van der Waals surface area contributed by atoms with E-state index in [4.69, 9.17) is 9.05 Å². The van der Waals surface area contributed by atoms with Gasteiger partial charge in [-0.1, -0.05) is 191 Å². The van der Waals surface area contributed by atoms with Crippen LogP contribution in [0.2, 0.25) is 0 Å². The number of phosphoric acid groups is 1. The molecule has 0 aromatic heterocycles. The summed E-state index contributed by atoms with van der Waals surface area (Å²) in [5.41, 5.74) is 0. The summed E-state index contributed by atoms with van der Waals surface area (Å²) in [6, 6.07) is -0.911. The molecule has 2 N–H and O–H groups in total. The maximum Gasteiger partial charge on any atom is 0.268 e. The maximum absolute atomic E-state index is 12.9. The van der Waals surface area contributed by atoms with Crippen molar-refractivity contribution in [3.05, 3.63) is 48.6 Å². The van der Waals surface area contributed by atoms with Crippen LogP contribution in [0.15, 0.2) is 48.6 Å². The first-order chi connectivity index (χ1) is 28.5. The molecule has 3 atom stereocenters. The van der Waals surface area contributed by atoms with Crippen molar-refractivity contribution in [3.8, 4) is 0 Å². The summed E-state index contributed by atoms with van der Waals surface area (Å²) < 4.78 is 23.2. The first-order valence-corrected chi connectivity index (χ1v) is 26.0. The molecule has 0 heterocycles. The fraction of sp³-hybridized carbons (Fsp3) is 0.820. The van der Waals surface area contributed by atoms with Crippen LogP contribution in [0.25, 0.3) is 0 Å². The standard InChI is InChI=1S/C50H95N2O6P/c1-6-8-10-12-14-16-18-20-22-23-24-25-26-27-28-30-31-33-35-37-39-41-43-49(53)48(47-58-59(55,56)57-46-45-52(3,4)5)51-50(54)44-42-40-38-36-34-32-29-21-19-17-15-13-11-9-7-2/h15,17,21,29,33,35,41,43,48-49,53H,6-14,16,18-20,22-28,30-32,34,36-40,42,44-47H2,1-5H3,(H-,51,54,55,56)/b17-15-,29-21-,35-33+,43-41+. The Morgan fingerprint density at radius 1 is 0.593 bits per heavy atom. The Kier molecular flexibility index (Phi) is 40.7. The Morgan fingerprint density at radius 2 is 1.00 bits per heavy atom. The molecule has 0 aliphatic carbocycles. The second-order valence-electron chi connectivity index (χ2n) is 17.8. The van der Waals surface area contributed by atoms with Crippen molar-refractivity contribution in [1.82, 2.24) is 5.32 Å². The first kappa shape index (κ1) is 57.5. The number of aliphatic hydroxyl groups is 1. The number of rotatable bonds is 44. The average molecular weight is 851 g/mol. The Hall–Kier alpha value is -1.54. The fourth-order valence-corrected chi connectivity index (χ4v) is 7.57. The number of quaternary nitrogens is 1. The van der Waals surface area contributed by atoms with Gasteiger partial charge in [0.1, 0.15) is 13.2 Å². The lowest BCUT2D eigenvalue weighted by Gasteiger charge is -2.29. The molecule has 0 aromatic carbocycles. The Morgan fingerprint density at radius 3 is 1.51 bits per heavy atom. The Labute approximate surface area is 365 Å². The van der Waals surface area contributed by atoms with Crippen molar-refractivity contribution in [2.75, 3.05) is 40.9 Å². The Balaban J connectivity index is 4.40. The summed E-state index contributed by atoms with van der Waals surface area (Å²) in [6.45, 7) is 4.59. The average Bonchev–Trinajstić information content (AvgIpc) is 3.19. The lowest BCUT2D eigenvalue weighted by atomic mass is 10.0. The zero-order chi connectivity index (χ0) is 43.6. The van der Waals surface area contributed by atoms with Gasteiger partial charge in [0.25, 0.3) is 7.82 Å². The van der Waals surface area contributed by atoms with E-state index in [-0.39, 0.29) is 12.5 Å². The van der Waals surface area contributed by atoms with Crippen molar-refractivity contribution in [1.29, 1.82) is 0 Å². The van der Waals surface area contributed by atoms with Crippen LogP contribution in [0.3, 0.4) is 0 Å². The van der Waals surface area contributed by atoms with Gasteiger partial charge in [-0.25, -0.2) is 0 Å². The molecular weight excluding hydrogens is 756 g/mol. The Bertz CT molecular complexity index is 1100. The van der Waals surface area contributed by atoms with Crippen molar-refractivity contribution >= 4 is 13.7 Å². The van der Waals surface area contributed by atoms with E-state index >= 15 is 0 Å². The number of nitrogens with zero attached hydrogens (tertiary/aromatic N) is 1. The van der Waals surface area contributed by atoms with E-state index in [1.165, 1.54) is 128 Å². The lowest BCUT2D eigenvalue weighted by molar-refractivity contribution is -0.870. The van der Waals surface area contributed by atoms with Gasteiger partial charge in [0.15, 0.2) is 0 Å². The van der Waals surface area contributed by atoms with Crippen LogP contribution in [0, 0.1) is 0 Å². The summed E-state index contributed by atoms with van der Waals surface area (Å²) in [5, 5.41) is 13.8. The molecular formula is C50H95N2O6P. The summed E-state index contributed by atoms with van der Waals surface area (Å²) in [4.78, 5) is 25.3. The number of unbranched alkanes of at least 4 members (excludes halogenated alkanes) is 25. The van der Waals surface area contributed by atoms with Gasteiger partial charge in [0.05, 0.1) is 39.9 Å². The second-order valence-corrected chi connectivity index (χ2v) is 19.2. The third kappa shape index (κ3) is 44.3. The molecule has 0 radical (unpaired) electrons. The molecule has 59 heavy (non-hydrogen) atoms. The number of hydrogen-bond donors (Lipinski definition) is 2. The predicted molar refractivity (Wildman–Crippen MR) is 251 cm³/mol. The van der Waals surface area contributed by atoms with E-state index in [9.17, 15) is 19.4 Å². The van der Waals surface area contributed by atoms with Crippen molar-refractivity contribution in [3.63, 3.8) is 0 Å². The van der Waals surface area contributed by atoms with E-state index in [1.54, 1.807) is 6.08 Å². The highest BCUT2D eigenvalue weighted by molar-refractivity contribution is 7.45. The minimum absolute atomic E-state index is 0.0103. The molecule has 0 saturated carbocycles.